The molecule has 2 aliphatic rings. The summed E-state index contributed by atoms with van der Waals surface area (Å²) >= 11 is 0. The molecule has 1 heterocycles. The lowest BCUT2D eigenvalue weighted by atomic mass is 10.1. The van der Waals surface area contributed by atoms with Crippen LogP contribution in [0.15, 0.2) is 23.2 Å². The molecule has 2 fully saturated rings. The number of hydrogen-bond acceptors (Lipinski definition) is 2. The van der Waals surface area contributed by atoms with Gasteiger partial charge in [-0.3, -0.25) is 0 Å². The first-order valence-corrected chi connectivity index (χ1v) is 6.76. The highest BCUT2D eigenvalue weighted by Gasteiger charge is 2.42. The van der Waals surface area contributed by atoms with Crippen molar-refractivity contribution in [2.45, 2.75) is 18.4 Å². The summed E-state index contributed by atoms with van der Waals surface area (Å²) in [6.07, 6.45) is 0.642. The molecule has 0 radical (unpaired) electrons. The Morgan fingerprint density at radius 3 is 2.48 bits per heavy atom. The highest BCUT2D eigenvalue weighted by Crippen LogP contribution is 2.45. The SMILES string of the molecule is I.NC(=NC1CC1c1c(F)cccc1F)N1CCOCC1. The third-order valence-corrected chi connectivity index (χ3v) is 3.76. The number of nitrogens with two attached hydrogens (primary N) is 1. The molecule has 1 aromatic rings. The van der Waals surface area contributed by atoms with E-state index in [9.17, 15) is 8.78 Å². The molecule has 4 nitrogen and oxygen atoms in total. The zero-order chi connectivity index (χ0) is 14.1. The Bertz CT molecular complexity index is 515. The van der Waals surface area contributed by atoms with Gasteiger partial charge in [0.2, 0.25) is 0 Å². The summed E-state index contributed by atoms with van der Waals surface area (Å²) in [4.78, 5) is 6.32. The van der Waals surface area contributed by atoms with E-state index in [2.05, 4.69) is 4.99 Å². The van der Waals surface area contributed by atoms with E-state index in [4.69, 9.17) is 10.5 Å². The van der Waals surface area contributed by atoms with Gasteiger partial charge < -0.3 is 15.4 Å². The zero-order valence-electron chi connectivity index (χ0n) is 11.5. The maximum Gasteiger partial charge on any atom is 0.191 e. The topological polar surface area (TPSA) is 50.8 Å². The number of benzene rings is 1. The minimum absolute atomic E-state index is 0. The average molecular weight is 409 g/mol. The van der Waals surface area contributed by atoms with Gasteiger partial charge in [0.1, 0.15) is 11.6 Å². The molecule has 7 heteroatoms. The quantitative estimate of drug-likeness (QED) is 0.463. The number of hydrogen-bond donors (Lipinski definition) is 1. The summed E-state index contributed by atoms with van der Waals surface area (Å²) in [5.74, 6) is -0.761. The Kier molecular flexibility index (Phi) is 5.37. The van der Waals surface area contributed by atoms with Gasteiger partial charge in [-0.2, -0.15) is 0 Å². The third-order valence-electron chi connectivity index (χ3n) is 3.76. The summed E-state index contributed by atoms with van der Waals surface area (Å²) in [6, 6.07) is 3.81. The summed E-state index contributed by atoms with van der Waals surface area (Å²) in [6.45, 7) is 2.68. The van der Waals surface area contributed by atoms with Crippen molar-refractivity contribution < 1.29 is 13.5 Å². The Morgan fingerprint density at radius 2 is 1.86 bits per heavy atom. The molecule has 1 aliphatic carbocycles. The first-order chi connectivity index (χ1) is 9.66. The minimum Gasteiger partial charge on any atom is -0.378 e. The van der Waals surface area contributed by atoms with Crippen molar-refractivity contribution >= 4 is 29.9 Å². The normalized spacial score (nSPS) is 25.4. The largest absolute Gasteiger partial charge is 0.378 e. The second kappa shape index (κ2) is 6.87. The molecule has 1 aromatic carbocycles. The average Bonchev–Trinajstić information content (AvgIpc) is 3.18. The Morgan fingerprint density at radius 1 is 1.24 bits per heavy atom. The maximum absolute atomic E-state index is 13.7. The van der Waals surface area contributed by atoms with Crippen LogP contribution < -0.4 is 5.73 Å². The summed E-state index contributed by atoms with van der Waals surface area (Å²) in [5.41, 5.74) is 6.07. The van der Waals surface area contributed by atoms with Crippen LogP contribution in [0.25, 0.3) is 0 Å². The standard InChI is InChI=1S/C14H17F2N3O.HI/c15-10-2-1-3-11(16)13(10)9-8-12(9)18-14(17)19-4-6-20-7-5-19;/h1-3,9,12H,4-8H2,(H2,17,18);1H. The van der Waals surface area contributed by atoms with E-state index in [0.29, 0.717) is 38.7 Å². The van der Waals surface area contributed by atoms with Crippen LogP contribution in [0.1, 0.15) is 17.9 Å². The van der Waals surface area contributed by atoms with E-state index in [1.165, 1.54) is 18.2 Å². The van der Waals surface area contributed by atoms with Crippen molar-refractivity contribution in [3.8, 4) is 0 Å². The van der Waals surface area contributed by atoms with E-state index >= 15 is 0 Å². The smallest absolute Gasteiger partial charge is 0.191 e. The van der Waals surface area contributed by atoms with Crippen LogP contribution in [0.3, 0.4) is 0 Å². The predicted molar refractivity (Wildman–Crippen MR) is 86.9 cm³/mol. The molecule has 1 saturated carbocycles. The van der Waals surface area contributed by atoms with Gasteiger partial charge in [0, 0.05) is 24.6 Å². The molecular weight excluding hydrogens is 391 g/mol. The Labute approximate surface area is 139 Å². The molecule has 0 aromatic heterocycles. The molecule has 1 saturated heterocycles. The monoisotopic (exact) mass is 409 g/mol. The van der Waals surface area contributed by atoms with Crippen LogP contribution in [0.5, 0.6) is 0 Å². The number of morpholine rings is 1. The molecule has 2 N–H and O–H groups in total. The van der Waals surface area contributed by atoms with Crippen molar-refractivity contribution in [3.05, 3.63) is 35.4 Å². The lowest BCUT2D eigenvalue weighted by Gasteiger charge is -2.27. The number of rotatable bonds is 2. The molecule has 2 unspecified atom stereocenters. The highest BCUT2D eigenvalue weighted by molar-refractivity contribution is 14.0. The Hall–Kier alpha value is -0.960. The van der Waals surface area contributed by atoms with E-state index in [0.717, 1.165) is 0 Å². The van der Waals surface area contributed by atoms with Crippen LogP contribution in [0.2, 0.25) is 0 Å². The van der Waals surface area contributed by atoms with Crippen molar-refractivity contribution in [2.75, 3.05) is 26.3 Å². The molecule has 2 atom stereocenters. The minimum atomic E-state index is -0.502. The van der Waals surface area contributed by atoms with Gasteiger partial charge >= 0.3 is 0 Å². The van der Waals surface area contributed by atoms with Crippen LogP contribution >= 0.6 is 24.0 Å². The third kappa shape index (κ3) is 3.63. The molecule has 0 spiro atoms. The lowest BCUT2D eigenvalue weighted by Crippen LogP contribution is -2.45. The molecule has 0 amide bonds. The predicted octanol–water partition coefficient (Wildman–Crippen LogP) is 2.09. The van der Waals surface area contributed by atoms with Gasteiger partial charge in [-0.1, -0.05) is 6.07 Å². The van der Waals surface area contributed by atoms with Crippen molar-refractivity contribution in [3.63, 3.8) is 0 Å². The van der Waals surface area contributed by atoms with E-state index < -0.39 is 11.6 Å². The second-order valence-corrected chi connectivity index (χ2v) is 5.13. The van der Waals surface area contributed by atoms with Crippen LogP contribution in [0, 0.1) is 11.6 Å². The number of halogens is 3. The molecule has 21 heavy (non-hydrogen) atoms. The maximum atomic E-state index is 13.7. The first-order valence-electron chi connectivity index (χ1n) is 6.76. The zero-order valence-corrected chi connectivity index (χ0v) is 13.8. The fourth-order valence-electron chi connectivity index (χ4n) is 2.54. The fourth-order valence-corrected chi connectivity index (χ4v) is 2.54. The molecule has 1 aliphatic heterocycles. The molecular formula is C14H18F2IN3O. The van der Waals surface area contributed by atoms with E-state index in [1.54, 1.807) is 0 Å². The number of ether oxygens (including phenoxy) is 1. The lowest BCUT2D eigenvalue weighted by molar-refractivity contribution is 0.0674. The highest BCUT2D eigenvalue weighted by atomic mass is 127. The fraction of sp³-hybridized carbons (Fsp3) is 0.500. The van der Waals surface area contributed by atoms with Crippen LogP contribution in [-0.4, -0.2) is 43.2 Å². The van der Waals surface area contributed by atoms with Crippen LogP contribution in [-0.2, 0) is 4.74 Å². The van der Waals surface area contributed by atoms with Gasteiger partial charge in [-0.15, -0.1) is 24.0 Å². The number of aliphatic imine (C=N–C) groups is 1. The molecule has 3 rings (SSSR count). The van der Waals surface area contributed by atoms with Gasteiger partial charge in [0.05, 0.1) is 19.3 Å². The van der Waals surface area contributed by atoms with E-state index in [1.807, 2.05) is 4.90 Å². The first kappa shape index (κ1) is 16.4. The number of nitrogens with zero attached hydrogens (tertiary/aromatic N) is 2. The molecule has 0 bridgehead atoms. The van der Waals surface area contributed by atoms with Crippen molar-refractivity contribution in [2.24, 2.45) is 10.7 Å². The summed E-state index contributed by atoms with van der Waals surface area (Å²) in [7, 11) is 0. The van der Waals surface area contributed by atoms with Gasteiger partial charge in [0.25, 0.3) is 0 Å². The van der Waals surface area contributed by atoms with Gasteiger partial charge in [-0.25, -0.2) is 13.8 Å². The summed E-state index contributed by atoms with van der Waals surface area (Å²) < 4.78 is 32.6. The van der Waals surface area contributed by atoms with E-state index in [-0.39, 0.29) is 41.5 Å². The summed E-state index contributed by atoms with van der Waals surface area (Å²) in [5, 5.41) is 0. The number of guanidine groups is 1. The van der Waals surface area contributed by atoms with Crippen LogP contribution in [0.4, 0.5) is 8.78 Å². The Balaban J connectivity index is 0.00000161. The second-order valence-electron chi connectivity index (χ2n) is 5.13. The molecule has 116 valence electrons. The van der Waals surface area contributed by atoms with Gasteiger partial charge in [0.15, 0.2) is 5.96 Å². The van der Waals surface area contributed by atoms with Crippen molar-refractivity contribution in [1.29, 1.82) is 0 Å². The van der Waals surface area contributed by atoms with Crippen molar-refractivity contribution in [1.82, 2.24) is 4.90 Å². The van der Waals surface area contributed by atoms with Gasteiger partial charge in [-0.05, 0) is 18.6 Å².